The first-order valence-corrected chi connectivity index (χ1v) is 8.67. The maximum atomic E-state index is 12.0. The Labute approximate surface area is 188 Å². The fraction of sp³-hybridized carbons (Fsp3) is 0.238. The quantitative estimate of drug-likeness (QED) is 0.220. The summed E-state index contributed by atoms with van der Waals surface area (Å²) in [5.74, 6) is 3.79. The number of nitrogens with one attached hydrogen (secondary N) is 2. The molecule has 0 fully saturated rings. The molecule has 0 atom stereocenters. The third-order valence-electron chi connectivity index (χ3n) is 3.87. The van der Waals surface area contributed by atoms with Gasteiger partial charge in [0.05, 0.1) is 14.2 Å². The Morgan fingerprint density at radius 2 is 1.93 bits per heavy atom. The minimum absolute atomic E-state index is 0. The Morgan fingerprint density at radius 3 is 2.62 bits per heavy atom. The Bertz CT molecular complexity index is 894. The number of methoxy groups -OCH3 is 2. The molecule has 0 heterocycles. The highest BCUT2D eigenvalue weighted by Gasteiger charge is 2.05. The van der Waals surface area contributed by atoms with Gasteiger partial charge in [-0.25, -0.2) is 4.99 Å². The second-order valence-electron chi connectivity index (χ2n) is 5.84. The van der Waals surface area contributed by atoms with E-state index in [1.54, 1.807) is 38.5 Å². The van der Waals surface area contributed by atoms with Gasteiger partial charge < -0.3 is 25.8 Å². The summed E-state index contributed by atoms with van der Waals surface area (Å²) in [7, 11) is 3.19. The van der Waals surface area contributed by atoms with Crippen molar-refractivity contribution in [3.8, 4) is 23.8 Å². The molecule has 8 heteroatoms. The van der Waals surface area contributed by atoms with E-state index >= 15 is 0 Å². The highest BCUT2D eigenvalue weighted by atomic mass is 127. The normalized spacial score (nSPS) is 10.3. The molecule has 7 nitrogen and oxygen atoms in total. The molecule has 0 saturated heterocycles. The van der Waals surface area contributed by atoms with Gasteiger partial charge >= 0.3 is 0 Å². The maximum Gasteiger partial charge on any atom is 0.246 e. The number of anilines is 1. The van der Waals surface area contributed by atoms with Crippen molar-refractivity contribution in [2.24, 2.45) is 10.7 Å². The molecule has 2 aromatic carbocycles. The monoisotopic (exact) mass is 508 g/mol. The molecule has 0 unspecified atom stereocenters. The number of hydrogen-bond acceptors (Lipinski definition) is 4. The second-order valence-corrected chi connectivity index (χ2v) is 5.84. The van der Waals surface area contributed by atoms with Gasteiger partial charge in [0.15, 0.2) is 17.5 Å². The lowest BCUT2D eigenvalue weighted by molar-refractivity contribution is -0.114. The lowest BCUT2D eigenvalue weighted by atomic mass is 10.1. The van der Waals surface area contributed by atoms with Crippen LogP contribution in [0.1, 0.15) is 11.1 Å². The van der Waals surface area contributed by atoms with E-state index in [1.807, 2.05) is 18.2 Å². The zero-order valence-corrected chi connectivity index (χ0v) is 18.7. The summed E-state index contributed by atoms with van der Waals surface area (Å²) < 4.78 is 10.5. The Morgan fingerprint density at radius 1 is 1.17 bits per heavy atom. The van der Waals surface area contributed by atoms with Crippen LogP contribution in [0.25, 0.3) is 0 Å². The zero-order chi connectivity index (χ0) is 20.4. The first-order valence-electron chi connectivity index (χ1n) is 8.67. The highest BCUT2D eigenvalue weighted by Crippen LogP contribution is 2.27. The molecular formula is C21H25IN4O3. The van der Waals surface area contributed by atoms with E-state index in [4.69, 9.17) is 21.6 Å². The summed E-state index contributed by atoms with van der Waals surface area (Å²) in [6, 6.07) is 12.7. The number of benzene rings is 2. The van der Waals surface area contributed by atoms with Crippen molar-refractivity contribution in [3.63, 3.8) is 0 Å². The standard InChI is InChI=1S/C21H24N4O3.HI/c1-4-15-6-5-7-17(12-15)25-20(26)14-24-21(22)23-11-10-16-8-9-18(27-2)19(13-16)28-3;/h1,5-9,12-13H,10-11,14H2,2-3H3,(H,25,26)(H3,22,23,24);1H. The molecule has 29 heavy (non-hydrogen) atoms. The predicted molar refractivity (Wildman–Crippen MR) is 126 cm³/mol. The predicted octanol–water partition coefficient (Wildman–Crippen LogP) is 2.39. The number of nitrogens with zero attached hydrogens (tertiary/aromatic N) is 1. The third kappa shape index (κ3) is 7.91. The van der Waals surface area contributed by atoms with Gasteiger partial charge in [-0.3, -0.25) is 4.79 Å². The minimum Gasteiger partial charge on any atom is -0.493 e. The van der Waals surface area contributed by atoms with Crippen LogP contribution in [0.4, 0.5) is 5.69 Å². The third-order valence-corrected chi connectivity index (χ3v) is 3.87. The summed E-state index contributed by atoms with van der Waals surface area (Å²) in [5, 5.41) is 5.71. The number of aliphatic imine (C=N–C) groups is 1. The van der Waals surface area contributed by atoms with E-state index in [0.717, 1.165) is 5.56 Å². The SMILES string of the molecule is C#Cc1cccc(NC(=O)CN=C(N)NCCc2ccc(OC)c(OC)c2)c1.I. The summed E-state index contributed by atoms with van der Waals surface area (Å²) in [6.45, 7) is 0.478. The fourth-order valence-electron chi connectivity index (χ4n) is 2.47. The van der Waals surface area contributed by atoms with Gasteiger partial charge in [-0.05, 0) is 42.3 Å². The van der Waals surface area contributed by atoms with E-state index in [9.17, 15) is 4.79 Å². The first kappa shape index (κ1) is 24.1. The van der Waals surface area contributed by atoms with E-state index in [1.165, 1.54) is 0 Å². The molecule has 0 spiro atoms. The van der Waals surface area contributed by atoms with Crippen molar-refractivity contribution in [1.29, 1.82) is 0 Å². The van der Waals surface area contributed by atoms with Crippen molar-refractivity contribution in [2.45, 2.75) is 6.42 Å². The maximum absolute atomic E-state index is 12.0. The van der Waals surface area contributed by atoms with Crippen molar-refractivity contribution >= 4 is 41.5 Å². The van der Waals surface area contributed by atoms with Crippen molar-refractivity contribution in [3.05, 3.63) is 53.6 Å². The summed E-state index contributed by atoms with van der Waals surface area (Å²) in [4.78, 5) is 16.0. The molecule has 0 aromatic heterocycles. The van der Waals surface area contributed by atoms with Crippen LogP contribution in [0.15, 0.2) is 47.5 Å². The van der Waals surface area contributed by atoms with Gasteiger partial charge in [0.2, 0.25) is 5.91 Å². The molecule has 1 amide bonds. The molecule has 2 rings (SSSR count). The van der Waals surface area contributed by atoms with Crippen LogP contribution in [0.2, 0.25) is 0 Å². The summed E-state index contributed by atoms with van der Waals surface area (Å²) >= 11 is 0. The van der Waals surface area contributed by atoms with Crippen LogP contribution in [0.5, 0.6) is 11.5 Å². The van der Waals surface area contributed by atoms with Crippen molar-refractivity contribution in [2.75, 3.05) is 32.6 Å². The first-order chi connectivity index (χ1) is 13.5. The molecule has 0 radical (unpaired) electrons. The van der Waals surface area contributed by atoms with Crippen LogP contribution in [-0.2, 0) is 11.2 Å². The number of carbonyl (C=O) groups is 1. The molecule has 154 valence electrons. The molecule has 4 N–H and O–H groups in total. The molecule has 0 aliphatic heterocycles. The number of guanidine groups is 1. The number of terminal acetylenes is 1. The molecular weight excluding hydrogens is 483 g/mol. The topological polar surface area (TPSA) is 98.0 Å². The van der Waals surface area contributed by atoms with Crippen LogP contribution >= 0.6 is 24.0 Å². The zero-order valence-electron chi connectivity index (χ0n) is 16.4. The molecule has 0 bridgehead atoms. The molecule has 0 aliphatic carbocycles. The summed E-state index contributed by atoms with van der Waals surface area (Å²) in [5.41, 5.74) is 8.19. The Balaban J connectivity index is 0.00000420. The number of hydrogen-bond donors (Lipinski definition) is 3. The Hall–Kier alpha value is -2.93. The van der Waals surface area contributed by atoms with Crippen LogP contribution < -0.4 is 25.8 Å². The van der Waals surface area contributed by atoms with Crippen molar-refractivity contribution < 1.29 is 14.3 Å². The van der Waals surface area contributed by atoms with E-state index in [2.05, 4.69) is 21.5 Å². The summed E-state index contributed by atoms with van der Waals surface area (Å²) in [6.07, 6.45) is 6.05. The van der Waals surface area contributed by atoms with Crippen molar-refractivity contribution in [1.82, 2.24) is 5.32 Å². The lowest BCUT2D eigenvalue weighted by Gasteiger charge is -2.10. The number of halogens is 1. The van der Waals surface area contributed by atoms with Gasteiger partial charge in [-0.1, -0.05) is 18.1 Å². The van der Waals surface area contributed by atoms with E-state index < -0.39 is 0 Å². The average Bonchev–Trinajstić information content (AvgIpc) is 2.72. The van der Waals surface area contributed by atoms with Gasteiger partial charge in [0, 0.05) is 17.8 Å². The largest absolute Gasteiger partial charge is 0.493 e. The highest BCUT2D eigenvalue weighted by molar-refractivity contribution is 14.0. The van der Waals surface area contributed by atoms with Gasteiger partial charge in [-0.2, -0.15) is 0 Å². The molecule has 0 saturated carbocycles. The lowest BCUT2D eigenvalue weighted by Crippen LogP contribution is -2.34. The number of ether oxygens (including phenoxy) is 2. The number of carbonyl (C=O) groups excluding carboxylic acids is 1. The smallest absolute Gasteiger partial charge is 0.246 e. The van der Waals surface area contributed by atoms with E-state index in [-0.39, 0.29) is 42.4 Å². The van der Waals surface area contributed by atoms with Crippen LogP contribution in [0.3, 0.4) is 0 Å². The fourth-order valence-corrected chi connectivity index (χ4v) is 2.47. The number of amides is 1. The van der Waals surface area contributed by atoms with Gasteiger partial charge in [0.1, 0.15) is 6.54 Å². The Kier molecular flexibility index (Phi) is 10.4. The average molecular weight is 508 g/mol. The van der Waals surface area contributed by atoms with E-state index in [0.29, 0.717) is 35.7 Å². The number of rotatable bonds is 8. The molecule has 2 aromatic rings. The van der Waals surface area contributed by atoms with Gasteiger partial charge in [0.25, 0.3) is 0 Å². The second kappa shape index (κ2) is 12.5. The van der Waals surface area contributed by atoms with Crippen LogP contribution in [-0.4, -0.2) is 39.2 Å². The molecule has 0 aliphatic rings. The minimum atomic E-state index is -0.279. The number of nitrogens with two attached hydrogens (primary N) is 1. The van der Waals surface area contributed by atoms with Crippen LogP contribution in [0, 0.1) is 12.3 Å². The van der Waals surface area contributed by atoms with Gasteiger partial charge in [-0.15, -0.1) is 30.4 Å².